The average Bonchev–Trinajstić information content (AvgIpc) is 2.82. The molecule has 0 unspecified atom stereocenters. The van der Waals surface area contributed by atoms with E-state index in [-0.39, 0.29) is 18.0 Å². The van der Waals surface area contributed by atoms with Gasteiger partial charge < -0.3 is 19.9 Å². The van der Waals surface area contributed by atoms with Crippen LogP contribution in [0.15, 0.2) is 65.6 Å². The first-order chi connectivity index (χ1) is 16.5. The van der Waals surface area contributed by atoms with Crippen molar-refractivity contribution in [2.75, 3.05) is 16.5 Å². The zero-order chi connectivity index (χ0) is 25.8. The van der Waals surface area contributed by atoms with E-state index in [1.54, 1.807) is 39.0 Å². The summed E-state index contributed by atoms with van der Waals surface area (Å²) < 4.78 is 50.4. The van der Waals surface area contributed by atoms with Crippen molar-refractivity contribution in [1.82, 2.24) is 0 Å². The van der Waals surface area contributed by atoms with Crippen LogP contribution >= 0.6 is 0 Å². The molecule has 9 nitrogen and oxygen atoms in total. The molecule has 0 radical (unpaired) electrons. The molecule has 0 aliphatic rings. The quantitative estimate of drug-likeness (QED) is 0.279. The Hall–Kier alpha value is -4.12. The van der Waals surface area contributed by atoms with Crippen LogP contribution < -0.4 is 14.6 Å². The van der Waals surface area contributed by atoms with Crippen LogP contribution in [0, 0.1) is 13.8 Å². The SMILES string of the molecule is CCOC(=O)C(=O)Nc1cc(C)c(Oc2ccc(O)c(S(=O)(=O)N(F)c3ccccc3)c2)c(C)c1. The summed E-state index contributed by atoms with van der Waals surface area (Å²) in [5.74, 6) is -2.23. The number of rotatable bonds is 7. The van der Waals surface area contributed by atoms with E-state index in [1.165, 1.54) is 30.3 Å². The maximum Gasteiger partial charge on any atom is 0.397 e. The van der Waals surface area contributed by atoms with Crippen molar-refractivity contribution in [2.45, 2.75) is 25.7 Å². The zero-order valence-electron chi connectivity index (χ0n) is 19.1. The summed E-state index contributed by atoms with van der Waals surface area (Å²) in [4.78, 5) is 22.8. The van der Waals surface area contributed by atoms with Crippen molar-refractivity contribution < 1.29 is 37.1 Å². The fourth-order valence-corrected chi connectivity index (χ4v) is 4.38. The van der Waals surface area contributed by atoms with Crippen LogP contribution in [0.25, 0.3) is 0 Å². The van der Waals surface area contributed by atoms with Crippen LogP contribution in [0.2, 0.25) is 0 Å². The fraction of sp³-hybridized carbons (Fsp3) is 0.167. The van der Waals surface area contributed by atoms with E-state index in [2.05, 4.69) is 10.1 Å². The third-order valence-corrected chi connectivity index (χ3v) is 6.29. The summed E-state index contributed by atoms with van der Waals surface area (Å²) in [6, 6.07) is 13.6. The minimum Gasteiger partial charge on any atom is -0.507 e. The molecule has 1 amide bonds. The topological polar surface area (TPSA) is 122 Å². The standard InChI is InChI=1S/C24H23FN2O7S/c1-4-33-24(30)23(29)26-17-12-15(2)22(16(3)13-17)34-19-10-11-20(28)21(14-19)35(31,32)27(25)18-8-6-5-7-9-18/h5-14,28H,4H2,1-3H3,(H,26,29). The Kier molecular flexibility index (Phi) is 7.60. The number of aromatic hydroxyl groups is 1. The predicted molar refractivity (Wildman–Crippen MR) is 127 cm³/mol. The van der Waals surface area contributed by atoms with Crippen molar-refractivity contribution in [3.05, 3.63) is 71.8 Å². The number of carbonyl (C=O) groups is 2. The van der Waals surface area contributed by atoms with Gasteiger partial charge in [0.1, 0.15) is 22.1 Å². The van der Waals surface area contributed by atoms with Gasteiger partial charge in [-0.25, -0.2) is 4.79 Å². The number of benzene rings is 3. The van der Waals surface area contributed by atoms with Gasteiger partial charge in [-0.1, -0.05) is 27.2 Å². The van der Waals surface area contributed by atoms with Crippen molar-refractivity contribution in [1.29, 1.82) is 0 Å². The summed E-state index contributed by atoms with van der Waals surface area (Å²) in [6.45, 7) is 5.00. The first-order valence-corrected chi connectivity index (χ1v) is 11.8. The molecule has 0 aromatic heterocycles. The maximum absolute atomic E-state index is 14.7. The summed E-state index contributed by atoms with van der Waals surface area (Å²) in [6.07, 6.45) is 0. The number of nitrogens with one attached hydrogen (secondary N) is 1. The molecule has 3 rings (SSSR count). The lowest BCUT2D eigenvalue weighted by molar-refractivity contribution is -0.152. The highest BCUT2D eigenvalue weighted by Crippen LogP contribution is 2.36. The molecule has 0 bridgehead atoms. The lowest BCUT2D eigenvalue weighted by Gasteiger charge is -2.17. The molecule has 184 valence electrons. The molecule has 0 aliphatic heterocycles. The number of aryl methyl sites for hydroxylation is 2. The maximum atomic E-state index is 14.7. The molecule has 0 saturated carbocycles. The van der Waals surface area contributed by atoms with E-state index in [9.17, 15) is 27.6 Å². The highest BCUT2D eigenvalue weighted by Gasteiger charge is 2.29. The largest absolute Gasteiger partial charge is 0.507 e. The molecule has 35 heavy (non-hydrogen) atoms. The molecular formula is C24H23FN2O7S. The van der Waals surface area contributed by atoms with Crippen LogP contribution in [0.5, 0.6) is 17.2 Å². The predicted octanol–water partition coefficient (Wildman–Crippen LogP) is 4.38. The number of halogens is 1. The van der Waals surface area contributed by atoms with Crippen LogP contribution in [0.3, 0.4) is 0 Å². The molecule has 2 N–H and O–H groups in total. The third-order valence-electron chi connectivity index (χ3n) is 4.78. The summed E-state index contributed by atoms with van der Waals surface area (Å²) in [5, 5.41) is 12.6. The number of para-hydroxylation sites is 1. The van der Waals surface area contributed by atoms with E-state index in [1.807, 2.05) is 0 Å². The Labute approximate surface area is 201 Å². The highest BCUT2D eigenvalue weighted by molar-refractivity contribution is 7.92. The second kappa shape index (κ2) is 10.4. The smallest absolute Gasteiger partial charge is 0.397 e. The molecule has 0 aliphatic carbocycles. The minimum atomic E-state index is -4.75. The lowest BCUT2D eigenvalue weighted by atomic mass is 10.1. The summed E-state index contributed by atoms with van der Waals surface area (Å²) >= 11 is 0. The lowest BCUT2D eigenvalue weighted by Crippen LogP contribution is -2.25. The van der Waals surface area contributed by atoms with Gasteiger partial charge in [-0.05, 0) is 68.3 Å². The number of nitrogens with zero attached hydrogens (tertiary/aromatic N) is 1. The van der Waals surface area contributed by atoms with Gasteiger partial charge in [-0.15, -0.1) is 0 Å². The number of hydrogen-bond acceptors (Lipinski definition) is 7. The highest BCUT2D eigenvalue weighted by atomic mass is 32.2. The molecule has 0 heterocycles. The van der Waals surface area contributed by atoms with Crippen LogP contribution in [-0.4, -0.2) is 32.0 Å². The third kappa shape index (κ3) is 5.69. The summed E-state index contributed by atoms with van der Waals surface area (Å²) in [5.41, 5.74) is 1.21. The van der Waals surface area contributed by atoms with Crippen molar-refractivity contribution in [3.8, 4) is 17.2 Å². The average molecular weight is 503 g/mol. The molecule has 0 saturated heterocycles. The molecule has 11 heteroatoms. The van der Waals surface area contributed by atoms with E-state index < -0.39 is 37.1 Å². The number of anilines is 2. The van der Waals surface area contributed by atoms with Gasteiger partial charge in [-0.3, -0.25) is 4.79 Å². The molecule has 3 aromatic carbocycles. The summed E-state index contributed by atoms with van der Waals surface area (Å²) in [7, 11) is -4.75. The van der Waals surface area contributed by atoms with E-state index in [4.69, 9.17) is 4.74 Å². The number of sulfonamides is 1. The van der Waals surface area contributed by atoms with E-state index >= 15 is 0 Å². The van der Waals surface area contributed by atoms with Gasteiger partial charge in [0.25, 0.3) is 10.0 Å². The van der Waals surface area contributed by atoms with Crippen LogP contribution in [0.1, 0.15) is 18.1 Å². The van der Waals surface area contributed by atoms with Gasteiger partial charge in [-0.2, -0.15) is 8.42 Å². The number of ether oxygens (including phenoxy) is 2. The van der Waals surface area contributed by atoms with Crippen LogP contribution in [0.4, 0.5) is 15.9 Å². The monoisotopic (exact) mass is 502 g/mol. The number of hydrogen-bond donors (Lipinski definition) is 2. The minimum absolute atomic E-state index is 0.0253. The van der Waals surface area contributed by atoms with Crippen molar-refractivity contribution in [2.24, 2.45) is 0 Å². The molecule has 0 spiro atoms. The number of amides is 1. The Bertz CT molecular complexity index is 1340. The number of phenols is 1. The van der Waals surface area contributed by atoms with Gasteiger partial charge in [0.2, 0.25) is 0 Å². The Morgan fingerprint density at radius 3 is 2.26 bits per heavy atom. The normalized spacial score (nSPS) is 11.0. The second-order valence-corrected chi connectivity index (χ2v) is 9.11. The van der Waals surface area contributed by atoms with E-state index in [0.717, 1.165) is 12.1 Å². The zero-order valence-corrected chi connectivity index (χ0v) is 19.9. The molecular weight excluding hydrogens is 479 g/mol. The van der Waals surface area contributed by atoms with Gasteiger partial charge >= 0.3 is 11.9 Å². The van der Waals surface area contributed by atoms with Crippen molar-refractivity contribution in [3.63, 3.8) is 0 Å². The first kappa shape index (κ1) is 25.5. The van der Waals surface area contributed by atoms with E-state index in [0.29, 0.717) is 22.6 Å². The van der Waals surface area contributed by atoms with Gasteiger partial charge in [0.05, 0.1) is 12.3 Å². The molecule has 3 aromatic rings. The van der Waals surface area contributed by atoms with Crippen LogP contribution in [-0.2, 0) is 24.3 Å². The second-order valence-electron chi connectivity index (χ2n) is 7.40. The van der Waals surface area contributed by atoms with Crippen molar-refractivity contribution >= 4 is 33.3 Å². The van der Waals surface area contributed by atoms with Gasteiger partial charge in [0, 0.05) is 11.8 Å². The number of carbonyl (C=O) groups excluding carboxylic acids is 2. The number of esters is 1. The fourth-order valence-electron chi connectivity index (χ4n) is 3.21. The Morgan fingerprint density at radius 1 is 1.03 bits per heavy atom. The number of phenolic OH excluding ortho intramolecular Hbond substituents is 1. The molecule has 0 fully saturated rings. The van der Waals surface area contributed by atoms with Gasteiger partial charge in [0.15, 0.2) is 0 Å². The first-order valence-electron chi connectivity index (χ1n) is 10.4. The Balaban J connectivity index is 1.88. The Morgan fingerprint density at radius 2 is 1.66 bits per heavy atom. The molecule has 0 atom stereocenters.